The topological polar surface area (TPSA) is 111 Å². The number of amides is 2. The molecule has 0 saturated heterocycles. The Kier molecular flexibility index (Phi) is 7.69. The van der Waals surface area contributed by atoms with E-state index in [-0.39, 0.29) is 24.8 Å². The molecule has 0 unspecified atom stereocenters. The zero-order chi connectivity index (χ0) is 22.5. The summed E-state index contributed by atoms with van der Waals surface area (Å²) in [6, 6.07) is 8.11. The molecule has 162 valence electrons. The van der Waals surface area contributed by atoms with Gasteiger partial charge in [0.1, 0.15) is 5.75 Å². The van der Waals surface area contributed by atoms with Crippen LogP contribution in [0.25, 0.3) is 10.4 Å². The molecule has 0 aliphatic carbocycles. The van der Waals surface area contributed by atoms with E-state index >= 15 is 0 Å². The van der Waals surface area contributed by atoms with Gasteiger partial charge in [0.2, 0.25) is 0 Å². The third-order valence-corrected chi connectivity index (χ3v) is 6.95. The molecule has 11 heteroatoms. The van der Waals surface area contributed by atoms with E-state index in [1.54, 1.807) is 30.5 Å². The minimum atomic E-state index is -0.481. The fraction of sp³-hybridized carbons (Fsp3) is 0.150. The number of benzene rings is 1. The average molecular weight is 498 g/mol. The van der Waals surface area contributed by atoms with Gasteiger partial charge in [0.25, 0.3) is 11.8 Å². The molecule has 3 aromatic rings. The monoisotopic (exact) mass is 497 g/mol. The van der Waals surface area contributed by atoms with Crippen LogP contribution in [0.2, 0.25) is 10.0 Å². The largest absolute Gasteiger partial charge is 0.506 e. The summed E-state index contributed by atoms with van der Waals surface area (Å²) < 4.78 is 0. The summed E-state index contributed by atoms with van der Waals surface area (Å²) in [7, 11) is 0. The van der Waals surface area contributed by atoms with Crippen LogP contribution < -0.4 is 10.7 Å². The van der Waals surface area contributed by atoms with Gasteiger partial charge in [-0.15, -0.1) is 22.7 Å². The van der Waals surface area contributed by atoms with Gasteiger partial charge in [-0.25, -0.2) is 5.43 Å². The standard InChI is InChI=1S/C20H17Cl2N3O4S2/c1-10(12-9-30-18(17(12)27)11-2-3-13(21)14(22)8-11)24-25-20(29)16-5-4-15(31-16)19(28)23-6-7-26/h2-5,8-9,26-27H,6-7H2,1H3,(H,23,28)(H,25,29)/b24-10+. The number of rotatable bonds is 7. The average Bonchev–Trinajstić information content (AvgIpc) is 3.39. The Bertz CT molecular complexity index is 1160. The van der Waals surface area contributed by atoms with Gasteiger partial charge >= 0.3 is 0 Å². The van der Waals surface area contributed by atoms with Crippen LogP contribution in [-0.2, 0) is 0 Å². The van der Waals surface area contributed by atoms with E-state index in [1.165, 1.54) is 23.5 Å². The molecule has 0 fully saturated rings. The van der Waals surface area contributed by atoms with Gasteiger partial charge < -0.3 is 15.5 Å². The Balaban J connectivity index is 1.72. The number of hydrazone groups is 1. The first-order chi connectivity index (χ1) is 14.8. The first-order valence-electron chi connectivity index (χ1n) is 8.91. The Labute approximate surface area is 195 Å². The summed E-state index contributed by atoms with van der Waals surface area (Å²) >= 11 is 14.3. The van der Waals surface area contributed by atoms with Crippen molar-refractivity contribution in [3.63, 3.8) is 0 Å². The summed E-state index contributed by atoms with van der Waals surface area (Å²) in [6.07, 6.45) is 0. The van der Waals surface area contributed by atoms with E-state index in [1.807, 2.05) is 0 Å². The van der Waals surface area contributed by atoms with Crippen LogP contribution in [0.15, 0.2) is 40.8 Å². The van der Waals surface area contributed by atoms with Crippen LogP contribution in [-0.4, -0.2) is 40.9 Å². The highest BCUT2D eigenvalue weighted by molar-refractivity contribution is 7.16. The van der Waals surface area contributed by atoms with E-state index in [9.17, 15) is 14.7 Å². The number of hydrogen-bond acceptors (Lipinski definition) is 7. The highest BCUT2D eigenvalue weighted by atomic mass is 35.5. The minimum absolute atomic E-state index is 0.0258. The Morgan fingerprint density at radius 3 is 2.48 bits per heavy atom. The zero-order valence-corrected chi connectivity index (χ0v) is 19.3. The number of carbonyl (C=O) groups is 2. The molecule has 0 spiro atoms. The van der Waals surface area contributed by atoms with Crippen molar-refractivity contribution in [2.45, 2.75) is 6.92 Å². The van der Waals surface area contributed by atoms with Gasteiger partial charge in [0.15, 0.2) is 0 Å². The van der Waals surface area contributed by atoms with Crippen molar-refractivity contribution in [2.75, 3.05) is 13.2 Å². The summed E-state index contributed by atoms with van der Waals surface area (Å²) in [6.45, 7) is 1.62. The molecule has 31 heavy (non-hydrogen) atoms. The normalized spacial score (nSPS) is 11.4. The zero-order valence-electron chi connectivity index (χ0n) is 16.1. The van der Waals surface area contributed by atoms with Gasteiger partial charge in [0.05, 0.1) is 42.6 Å². The van der Waals surface area contributed by atoms with Crippen LogP contribution in [0.1, 0.15) is 31.8 Å². The minimum Gasteiger partial charge on any atom is -0.506 e. The molecular formula is C20H17Cl2N3O4S2. The molecule has 0 aliphatic rings. The quantitative estimate of drug-likeness (QED) is 0.287. The van der Waals surface area contributed by atoms with Crippen LogP contribution >= 0.6 is 45.9 Å². The number of thiophene rings is 2. The van der Waals surface area contributed by atoms with Crippen molar-refractivity contribution in [3.8, 4) is 16.2 Å². The van der Waals surface area contributed by atoms with Crippen molar-refractivity contribution >= 4 is 63.4 Å². The van der Waals surface area contributed by atoms with Crippen molar-refractivity contribution in [1.29, 1.82) is 0 Å². The van der Waals surface area contributed by atoms with Gasteiger partial charge in [-0.2, -0.15) is 5.10 Å². The summed E-state index contributed by atoms with van der Waals surface area (Å²) in [5.41, 5.74) is 4.02. The third-order valence-electron chi connectivity index (χ3n) is 4.11. The van der Waals surface area contributed by atoms with Crippen molar-refractivity contribution < 1.29 is 19.8 Å². The highest BCUT2D eigenvalue weighted by Crippen LogP contribution is 2.40. The molecule has 0 aliphatic heterocycles. The van der Waals surface area contributed by atoms with Crippen molar-refractivity contribution in [2.24, 2.45) is 5.10 Å². The molecule has 2 amide bonds. The lowest BCUT2D eigenvalue weighted by molar-refractivity contribution is 0.0946. The fourth-order valence-electron chi connectivity index (χ4n) is 2.54. The lowest BCUT2D eigenvalue weighted by Crippen LogP contribution is -2.25. The van der Waals surface area contributed by atoms with Crippen LogP contribution in [0.3, 0.4) is 0 Å². The third kappa shape index (κ3) is 5.44. The maximum absolute atomic E-state index is 12.3. The van der Waals surface area contributed by atoms with Crippen LogP contribution in [0, 0.1) is 0 Å². The first kappa shape index (κ1) is 23.2. The molecule has 0 atom stereocenters. The van der Waals surface area contributed by atoms with E-state index in [0.717, 1.165) is 11.3 Å². The van der Waals surface area contributed by atoms with Gasteiger partial charge in [-0.3, -0.25) is 9.59 Å². The maximum Gasteiger partial charge on any atom is 0.281 e. The molecule has 0 bridgehead atoms. The number of nitrogens with zero attached hydrogens (tertiary/aromatic N) is 1. The molecule has 4 N–H and O–H groups in total. The summed E-state index contributed by atoms with van der Waals surface area (Å²) in [4.78, 5) is 25.5. The number of aliphatic hydroxyl groups is 1. The molecule has 1 aromatic carbocycles. The first-order valence-corrected chi connectivity index (χ1v) is 11.4. The second kappa shape index (κ2) is 10.3. The van der Waals surface area contributed by atoms with Crippen molar-refractivity contribution in [1.82, 2.24) is 10.7 Å². The predicted molar refractivity (Wildman–Crippen MR) is 125 cm³/mol. The second-order valence-electron chi connectivity index (χ2n) is 6.24. The van der Waals surface area contributed by atoms with E-state index in [4.69, 9.17) is 28.3 Å². The number of nitrogens with one attached hydrogen (secondary N) is 2. The lowest BCUT2D eigenvalue weighted by Gasteiger charge is -2.04. The molecule has 7 nitrogen and oxygen atoms in total. The van der Waals surface area contributed by atoms with E-state index in [0.29, 0.717) is 41.5 Å². The number of carbonyl (C=O) groups excluding carboxylic acids is 2. The smallest absolute Gasteiger partial charge is 0.281 e. The van der Waals surface area contributed by atoms with Crippen LogP contribution in [0.5, 0.6) is 5.75 Å². The number of hydrogen-bond donors (Lipinski definition) is 4. The summed E-state index contributed by atoms with van der Waals surface area (Å²) in [5, 5.41) is 28.5. The van der Waals surface area contributed by atoms with E-state index < -0.39 is 5.91 Å². The molecule has 3 rings (SSSR count). The fourth-order valence-corrected chi connectivity index (χ4v) is 4.65. The number of aromatic hydroxyl groups is 1. The molecule has 0 radical (unpaired) electrons. The Morgan fingerprint density at radius 1 is 1.10 bits per heavy atom. The predicted octanol–water partition coefficient (Wildman–Crippen LogP) is 4.37. The lowest BCUT2D eigenvalue weighted by atomic mass is 10.1. The van der Waals surface area contributed by atoms with Gasteiger partial charge in [-0.1, -0.05) is 29.3 Å². The molecule has 0 saturated carbocycles. The Hall–Kier alpha value is -2.43. The van der Waals surface area contributed by atoms with Gasteiger partial charge in [0, 0.05) is 11.9 Å². The SMILES string of the molecule is C/C(=N\NC(=O)c1ccc(C(=O)NCCO)s1)c1csc(-c2ccc(Cl)c(Cl)c2)c1O. The number of aliphatic hydroxyl groups excluding tert-OH is 1. The second-order valence-corrected chi connectivity index (χ2v) is 9.02. The Morgan fingerprint density at radius 2 is 1.81 bits per heavy atom. The molecule has 2 aromatic heterocycles. The van der Waals surface area contributed by atoms with Crippen molar-refractivity contribution in [3.05, 3.63) is 61.1 Å². The molecule has 2 heterocycles. The van der Waals surface area contributed by atoms with E-state index in [2.05, 4.69) is 15.8 Å². The summed E-state index contributed by atoms with van der Waals surface area (Å²) in [5.74, 6) is -0.821. The van der Waals surface area contributed by atoms with Gasteiger partial charge in [-0.05, 0) is 36.8 Å². The molecular weight excluding hydrogens is 481 g/mol. The highest BCUT2D eigenvalue weighted by Gasteiger charge is 2.17. The number of halogens is 2. The maximum atomic E-state index is 12.3. The van der Waals surface area contributed by atoms with Crippen LogP contribution in [0.4, 0.5) is 0 Å².